The molecule has 0 spiro atoms. The molecule has 196 valence electrons. The average molecular weight is 521 g/mol. The lowest BCUT2D eigenvalue weighted by Crippen LogP contribution is -2.50. The summed E-state index contributed by atoms with van der Waals surface area (Å²) in [7, 11) is 3.13. The van der Waals surface area contributed by atoms with Crippen molar-refractivity contribution in [1.29, 1.82) is 5.26 Å². The highest BCUT2D eigenvalue weighted by molar-refractivity contribution is 5.95. The second-order valence-corrected chi connectivity index (χ2v) is 9.52. The van der Waals surface area contributed by atoms with E-state index in [4.69, 9.17) is 10.00 Å². The second kappa shape index (κ2) is 10.8. The number of likely N-dealkylation sites (N-methyl/N-ethyl adjacent to an activating group) is 1. The molecule has 0 bridgehead atoms. The third-order valence-corrected chi connectivity index (χ3v) is 7.11. The van der Waals surface area contributed by atoms with E-state index in [0.717, 1.165) is 22.4 Å². The Morgan fingerprint density at radius 3 is 2.33 bits per heavy atom. The van der Waals surface area contributed by atoms with Crippen LogP contribution in [0.25, 0.3) is 16.8 Å². The molecule has 0 aliphatic heterocycles. The normalized spacial score (nSPS) is 14.1. The van der Waals surface area contributed by atoms with Crippen molar-refractivity contribution in [3.05, 3.63) is 95.8 Å². The van der Waals surface area contributed by atoms with E-state index in [2.05, 4.69) is 27.0 Å². The van der Waals surface area contributed by atoms with Crippen molar-refractivity contribution < 1.29 is 14.3 Å². The molecular formula is C30H28N6O3. The number of amides is 2. The number of rotatable bonds is 9. The quantitative estimate of drug-likeness (QED) is 0.349. The molecule has 1 aliphatic carbocycles. The van der Waals surface area contributed by atoms with Crippen LogP contribution in [0.3, 0.4) is 0 Å². The minimum atomic E-state index is -0.807. The monoisotopic (exact) mass is 520 g/mol. The van der Waals surface area contributed by atoms with Gasteiger partial charge in [0.2, 0.25) is 11.8 Å². The number of carbonyl (C=O) groups excluding carboxylic acids is 2. The number of aromatic nitrogens is 3. The topological polar surface area (TPSA) is 122 Å². The molecule has 9 nitrogen and oxygen atoms in total. The number of hydrogen-bond donors (Lipinski definition) is 2. The van der Waals surface area contributed by atoms with Gasteiger partial charge in [0.1, 0.15) is 11.8 Å². The van der Waals surface area contributed by atoms with Gasteiger partial charge in [0.15, 0.2) is 0 Å². The number of hydrogen-bond acceptors (Lipinski definition) is 6. The van der Waals surface area contributed by atoms with Crippen LogP contribution in [0, 0.1) is 11.3 Å². The van der Waals surface area contributed by atoms with E-state index >= 15 is 0 Å². The number of benzene rings is 3. The molecule has 1 atom stereocenters. The molecule has 0 radical (unpaired) electrons. The molecule has 1 heterocycles. The largest absolute Gasteiger partial charge is 0.496 e. The number of nitrogens with zero attached hydrogens (tertiary/aromatic N) is 4. The number of nitriles is 1. The van der Waals surface area contributed by atoms with E-state index in [1.54, 1.807) is 37.2 Å². The van der Waals surface area contributed by atoms with Gasteiger partial charge in [0.05, 0.1) is 41.7 Å². The third-order valence-electron chi connectivity index (χ3n) is 7.11. The molecule has 0 saturated heterocycles. The molecule has 1 fully saturated rings. The second-order valence-electron chi connectivity index (χ2n) is 9.52. The van der Waals surface area contributed by atoms with Crippen LogP contribution in [0.15, 0.2) is 79.0 Å². The predicted octanol–water partition coefficient (Wildman–Crippen LogP) is 3.32. The van der Waals surface area contributed by atoms with Gasteiger partial charge in [-0.1, -0.05) is 47.7 Å². The summed E-state index contributed by atoms with van der Waals surface area (Å²) in [6.07, 6.45) is 3.32. The fourth-order valence-electron chi connectivity index (χ4n) is 4.73. The maximum Gasteiger partial charge on any atom is 0.242 e. The minimum Gasteiger partial charge on any atom is -0.496 e. The maximum atomic E-state index is 13.4. The van der Waals surface area contributed by atoms with Crippen molar-refractivity contribution in [2.75, 3.05) is 14.2 Å². The lowest BCUT2D eigenvalue weighted by Gasteiger charge is -2.22. The maximum absolute atomic E-state index is 13.4. The first-order valence-corrected chi connectivity index (χ1v) is 12.7. The number of nitrogens with one attached hydrogen (secondary N) is 2. The van der Waals surface area contributed by atoms with Gasteiger partial charge in [-0.2, -0.15) is 5.26 Å². The molecule has 1 aliphatic rings. The molecule has 2 N–H and O–H groups in total. The Morgan fingerprint density at radius 1 is 1.05 bits per heavy atom. The lowest BCUT2D eigenvalue weighted by atomic mass is 9.93. The van der Waals surface area contributed by atoms with Crippen molar-refractivity contribution in [2.24, 2.45) is 0 Å². The predicted molar refractivity (Wildman–Crippen MR) is 145 cm³/mol. The summed E-state index contributed by atoms with van der Waals surface area (Å²) >= 11 is 0. The number of methoxy groups -OCH3 is 1. The zero-order valence-corrected chi connectivity index (χ0v) is 21.7. The van der Waals surface area contributed by atoms with E-state index in [-0.39, 0.29) is 18.2 Å². The smallest absolute Gasteiger partial charge is 0.242 e. The average Bonchev–Trinajstić information content (AvgIpc) is 3.68. The van der Waals surface area contributed by atoms with Gasteiger partial charge in [-0.25, -0.2) is 4.68 Å². The van der Waals surface area contributed by atoms with Gasteiger partial charge in [-0.3, -0.25) is 9.59 Å². The van der Waals surface area contributed by atoms with Gasteiger partial charge >= 0.3 is 0 Å². The van der Waals surface area contributed by atoms with Crippen LogP contribution in [0.1, 0.15) is 29.7 Å². The highest BCUT2D eigenvalue weighted by Gasteiger charge is 2.53. The van der Waals surface area contributed by atoms with Crippen molar-refractivity contribution in [2.45, 2.75) is 30.7 Å². The summed E-state index contributed by atoms with van der Waals surface area (Å²) < 4.78 is 7.12. The van der Waals surface area contributed by atoms with E-state index in [0.29, 0.717) is 29.8 Å². The molecule has 2 amide bonds. The van der Waals surface area contributed by atoms with Crippen LogP contribution in [0.5, 0.6) is 5.75 Å². The summed E-state index contributed by atoms with van der Waals surface area (Å²) in [5.41, 5.74) is 4.13. The molecule has 1 aromatic heterocycles. The zero-order chi connectivity index (χ0) is 27.4. The summed E-state index contributed by atoms with van der Waals surface area (Å²) in [6, 6.07) is 24.0. The number of para-hydroxylation sites is 1. The number of carbonyl (C=O) groups is 2. The molecule has 4 aromatic rings. The van der Waals surface area contributed by atoms with E-state index in [1.165, 1.54) is 0 Å². The van der Waals surface area contributed by atoms with Crippen LogP contribution in [0.4, 0.5) is 0 Å². The Kier molecular flexibility index (Phi) is 7.10. The van der Waals surface area contributed by atoms with Crippen LogP contribution < -0.4 is 15.4 Å². The Morgan fingerprint density at radius 2 is 1.72 bits per heavy atom. The SMILES string of the molecule is CNC(=O)C(Cc1cn(-c2ccc(-c3ccc(C#N)cc3)cc2)nn1)NC(=O)C1(c2ccccc2OC)CC1. The van der Waals surface area contributed by atoms with E-state index in [1.807, 2.05) is 60.7 Å². The first-order valence-electron chi connectivity index (χ1n) is 12.7. The first-order chi connectivity index (χ1) is 19.0. The van der Waals surface area contributed by atoms with Crippen LogP contribution >= 0.6 is 0 Å². The van der Waals surface area contributed by atoms with Gasteiger partial charge in [-0.15, -0.1) is 5.10 Å². The Balaban J connectivity index is 1.30. The molecule has 9 heteroatoms. The fraction of sp³-hybridized carbons (Fsp3) is 0.233. The summed E-state index contributed by atoms with van der Waals surface area (Å²) in [4.78, 5) is 26.1. The van der Waals surface area contributed by atoms with Gasteiger partial charge < -0.3 is 15.4 Å². The molecule has 5 rings (SSSR count). The highest BCUT2D eigenvalue weighted by atomic mass is 16.5. The van der Waals surface area contributed by atoms with Crippen LogP contribution in [-0.2, 0) is 21.4 Å². The summed E-state index contributed by atoms with van der Waals surface area (Å²) in [5, 5.41) is 23.1. The number of ether oxygens (including phenoxy) is 1. The molecule has 3 aromatic carbocycles. The highest BCUT2D eigenvalue weighted by Crippen LogP contribution is 2.51. The van der Waals surface area contributed by atoms with Crippen molar-refractivity contribution >= 4 is 11.8 Å². The molecule has 39 heavy (non-hydrogen) atoms. The fourth-order valence-corrected chi connectivity index (χ4v) is 4.73. The Labute approximate surface area is 226 Å². The molecule has 1 unspecified atom stereocenters. The van der Waals surface area contributed by atoms with Crippen molar-refractivity contribution in [3.8, 4) is 28.6 Å². The Bertz CT molecular complexity index is 1530. The summed E-state index contributed by atoms with van der Waals surface area (Å²) in [5.74, 6) is 0.154. The van der Waals surface area contributed by atoms with Crippen LogP contribution in [0.2, 0.25) is 0 Å². The van der Waals surface area contributed by atoms with Crippen molar-refractivity contribution in [3.63, 3.8) is 0 Å². The van der Waals surface area contributed by atoms with E-state index in [9.17, 15) is 9.59 Å². The zero-order valence-electron chi connectivity index (χ0n) is 21.7. The van der Waals surface area contributed by atoms with Gasteiger partial charge in [-0.05, 0) is 54.3 Å². The molecular weight excluding hydrogens is 492 g/mol. The van der Waals surface area contributed by atoms with E-state index < -0.39 is 11.5 Å². The Hall–Kier alpha value is -4.97. The minimum absolute atomic E-state index is 0.191. The van der Waals surface area contributed by atoms with Crippen molar-refractivity contribution in [1.82, 2.24) is 25.6 Å². The van der Waals surface area contributed by atoms with Crippen LogP contribution in [-0.4, -0.2) is 47.0 Å². The van der Waals surface area contributed by atoms with Gasteiger partial charge in [0.25, 0.3) is 0 Å². The molecule has 1 saturated carbocycles. The third kappa shape index (κ3) is 5.22. The standard InChI is InChI=1S/C30H28N6O3/c1-32-28(37)26(33-29(38)30(15-16-30)25-5-3-4-6-27(25)39-2)17-23-19-36(35-34-23)24-13-11-22(12-14-24)21-9-7-20(18-31)8-10-21/h3-14,19,26H,15-17H2,1-2H3,(H,32,37)(H,33,38). The van der Waals surface area contributed by atoms with Gasteiger partial charge in [0, 0.05) is 19.0 Å². The first kappa shape index (κ1) is 25.7. The lowest BCUT2D eigenvalue weighted by molar-refractivity contribution is -0.130. The summed E-state index contributed by atoms with van der Waals surface area (Å²) in [6.45, 7) is 0.